The predicted octanol–water partition coefficient (Wildman–Crippen LogP) is 15.2. The van der Waals surface area contributed by atoms with Gasteiger partial charge in [-0.25, -0.2) is 4.57 Å². The standard InChI is InChI=1S/C48H85O7PS/c1-7-10-12-14-16-17-18-19-20-21-22-23-24-25-26-27-28-31-35-39-47(49)54-46(45-53-56(50,52-40-9-3)55-48(4,5)6)44-51-41-36-32-29-30-34-38-43-57-42-37-33-15-13-11-8-2/h10,12,16-17,19-20,22-23,25-26,28,31,46H,7-9,11,13-15,18,21,24,27,29-30,32-45H2,1-6H3/b12-10-,17-16-,20-19-,23-22-,26-25-,31-28-/t46-,56?/m0/s1. The zero-order valence-electron chi connectivity index (χ0n) is 37.3. The molecule has 1 unspecified atom stereocenters. The number of unbranched alkanes of at least 4 members (excludes halogenated alkanes) is 10. The van der Waals surface area contributed by atoms with E-state index in [0.29, 0.717) is 19.4 Å². The zero-order chi connectivity index (χ0) is 42.0. The molecule has 0 aromatic carbocycles. The summed E-state index contributed by atoms with van der Waals surface area (Å²) in [7, 11) is -3.87. The third-order valence-electron chi connectivity index (χ3n) is 8.44. The van der Waals surface area contributed by atoms with Gasteiger partial charge >= 0.3 is 13.8 Å². The van der Waals surface area contributed by atoms with E-state index >= 15 is 0 Å². The first kappa shape index (κ1) is 55.3. The van der Waals surface area contributed by atoms with Crippen LogP contribution in [-0.2, 0) is 32.4 Å². The highest BCUT2D eigenvalue weighted by molar-refractivity contribution is 7.99. The molecule has 9 heteroatoms. The Morgan fingerprint density at radius 1 is 0.579 bits per heavy atom. The summed E-state index contributed by atoms with van der Waals surface area (Å²) in [5.41, 5.74) is -0.739. The first-order chi connectivity index (χ1) is 27.7. The topological polar surface area (TPSA) is 80.3 Å². The lowest BCUT2D eigenvalue weighted by atomic mass is 10.1. The Hall–Kier alpha value is -1.67. The van der Waals surface area contributed by atoms with Crippen LogP contribution in [0, 0.1) is 0 Å². The maximum atomic E-state index is 13.4. The molecule has 0 aliphatic rings. The van der Waals surface area contributed by atoms with Crippen LogP contribution >= 0.6 is 19.6 Å². The second-order valence-corrected chi connectivity index (χ2v) is 18.2. The molecule has 0 radical (unpaired) electrons. The van der Waals surface area contributed by atoms with Gasteiger partial charge in [0.2, 0.25) is 0 Å². The van der Waals surface area contributed by atoms with Crippen molar-refractivity contribution in [3.63, 3.8) is 0 Å². The van der Waals surface area contributed by atoms with Crippen LogP contribution in [0.4, 0.5) is 0 Å². The van der Waals surface area contributed by atoms with Crippen molar-refractivity contribution in [2.45, 2.75) is 188 Å². The first-order valence-corrected chi connectivity index (χ1v) is 25.1. The van der Waals surface area contributed by atoms with Crippen molar-refractivity contribution < 1.29 is 32.4 Å². The normalized spacial score (nSPS) is 14.4. The average Bonchev–Trinajstić information content (AvgIpc) is 3.17. The smallest absolute Gasteiger partial charge is 0.457 e. The largest absolute Gasteiger partial charge is 0.475 e. The molecule has 0 fully saturated rings. The molecule has 0 saturated carbocycles. The van der Waals surface area contributed by atoms with Crippen LogP contribution in [0.1, 0.15) is 176 Å². The van der Waals surface area contributed by atoms with Crippen molar-refractivity contribution in [3.8, 4) is 0 Å². The van der Waals surface area contributed by atoms with E-state index in [9.17, 15) is 9.36 Å². The molecule has 0 aliphatic heterocycles. The summed E-state index contributed by atoms with van der Waals surface area (Å²) < 4.78 is 42.0. The SMILES string of the molecule is CC/C=C\C/C=C\C/C=C\C/C=C\C/C=C\C/C=C\CCC(=O)O[C@@H](COCCCCCCCCSCCCCCCCC)COP(=O)(OCCC)OC(C)(C)C. The molecule has 0 saturated heterocycles. The molecule has 0 heterocycles. The molecule has 330 valence electrons. The van der Waals surface area contributed by atoms with E-state index < -0.39 is 19.5 Å². The van der Waals surface area contributed by atoms with Crippen LogP contribution in [0.3, 0.4) is 0 Å². The Labute approximate surface area is 355 Å². The quantitative estimate of drug-likeness (QED) is 0.0261. The van der Waals surface area contributed by atoms with Gasteiger partial charge in [-0.1, -0.05) is 151 Å². The van der Waals surface area contributed by atoms with Crippen molar-refractivity contribution in [2.24, 2.45) is 0 Å². The Morgan fingerprint density at radius 3 is 1.58 bits per heavy atom. The van der Waals surface area contributed by atoms with Gasteiger partial charge in [-0.15, -0.1) is 0 Å². The summed E-state index contributed by atoms with van der Waals surface area (Å²) in [6, 6.07) is 0. The maximum absolute atomic E-state index is 13.4. The lowest BCUT2D eigenvalue weighted by Crippen LogP contribution is -2.29. The highest BCUT2D eigenvalue weighted by Gasteiger charge is 2.34. The number of phosphoric acid groups is 1. The van der Waals surface area contributed by atoms with Crippen molar-refractivity contribution in [1.82, 2.24) is 0 Å². The first-order valence-electron chi connectivity index (χ1n) is 22.5. The van der Waals surface area contributed by atoms with Crippen LogP contribution in [0.25, 0.3) is 0 Å². The molecule has 2 atom stereocenters. The Kier molecular flexibility index (Phi) is 39.9. The van der Waals surface area contributed by atoms with Crippen molar-refractivity contribution >= 4 is 25.6 Å². The summed E-state index contributed by atoms with van der Waals surface area (Å²) in [4.78, 5) is 12.8. The van der Waals surface area contributed by atoms with Gasteiger partial charge in [0.15, 0.2) is 0 Å². The fourth-order valence-corrected chi connectivity index (χ4v) is 8.05. The highest BCUT2D eigenvalue weighted by Crippen LogP contribution is 2.52. The summed E-state index contributed by atoms with van der Waals surface area (Å²) in [5, 5.41) is 0. The van der Waals surface area contributed by atoms with E-state index in [1.165, 1.54) is 75.7 Å². The van der Waals surface area contributed by atoms with Crippen molar-refractivity contribution in [2.75, 3.05) is 37.9 Å². The molecule has 0 rings (SSSR count). The minimum Gasteiger partial charge on any atom is -0.457 e. The van der Waals surface area contributed by atoms with Gasteiger partial charge < -0.3 is 9.47 Å². The molecule has 0 aromatic heterocycles. The molecule has 0 bridgehead atoms. The van der Waals surface area contributed by atoms with Gasteiger partial charge in [0, 0.05) is 13.0 Å². The number of carbonyl (C=O) groups excluding carboxylic acids is 1. The molecule has 0 N–H and O–H groups in total. The number of ether oxygens (including phenoxy) is 2. The van der Waals surface area contributed by atoms with Crippen LogP contribution in [0.5, 0.6) is 0 Å². The van der Waals surface area contributed by atoms with Gasteiger partial charge in [0.25, 0.3) is 0 Å². The predicted molar refractivity (Wildman–Crippen MR) is 247 cm³/mol. The molecule has 0 aromatic rings. The van der Waals surface area contributed by atoms with Gasteiger partial charge in [-0.2, -0.15) is 11.8 Å². The number of phosphoric ester groups is 1. The molecule has 0 amide bonds. The number of thioether (sulfide) groups is 1. The number of hydrogen-bond acceptors (Lipinski definition) is 8. The number of allylic oxidation sites excluding steroid dienone is 12. The molecule has 7 nitrogen and oxygen atoms in total. The van der Waals surface area contributed by atoms with Gasteiger partial charge in [-0.3, -0.25) is 18.4 Å². The van der Waals surface area contributed by atoms with E-state index in [1.807, 2.05) is 13.0 Å². The zero-order valence-corrected chi connectivity index (χ0v) is 39.0. The molecular weight excluding hydrogens is 752 g/mol. The van der Waals surface area contributed by atoms with E-state index in [0.717, 1.165) is 51.4 Å². The Balaban J connectivity index is 4.53. The Morgan fingerprint density at radius 2 is 1.07 bits per heavy atom. The lowest BCUT2D eigenvalue weighted by molar-refractivity contribution is -0.154. The second-order valence-electron chi connectivity index (χ2n) is 15.4. The molecular formula is C48H85O7PS. The fourth-order valence-electron chi connectivity index (χ4n) is 5.42. The second kappa shape index (κ2) is 41.1. The Bertz CT molecular complexity index is 1140. The summed E-state index contributed by atoms with van der Waals surface area (Å²) >= 11 is 2.11. The van der Waals surface area contributed by atoms with E-state index in [1.54, 1.807) is 20.8 Å². The van der Waals surface area contributed by atoms with Crippen LogP contribution < -0.4 is 0 Å². The minimum atomic E-state index is -3.87. The molecule has 57 heavy (non-hydrogen) atoms. The van der Waals surface area contributed by atoms with Gasteiger partial charge in [0.05, 0.1) is 25.4 Å². The average molecular weight is 837 g/mol. The van der Waals surface area contributed by atoms with E-state index in [4.69, 9.17) is 23.0 Å². The lowest BCUT2D eigenvalue weighted by Gasteiger charge is -2.27. The summed E-state index contributed by atoms with van der Waals surface area (Å²) in [6.45, 7) is 12.6. The number of hydrogen-bond donors (Lipinski definition) is 0. The van der Waals surface area contributed by atoms with E-state index in [2.05, 4.69) is 92.4 Å². The highest BCUT2D eigenvalue weighted by atomic mass is 32.2. The van der Waals surface area contributed by atoms with Crippen molar-refractivity contribution in [3.05, 3.63) is 72.9 Å². The summed E-state index contributed by atoms with van der Waals surface area (Å²) in [6.07, 6.45) is 47.7. The van der Waals surface area contributed by atoms with Crippen LogP contribution in [0.2, 0.25) is 0 Å². The van der Waals surface area contributed by atoms with E-state index in [-0.39, 0.29) is 32.2 Å². The third kappa shape index (κ3) is 42.3. The molecule has 0 spiro atoms. The number of esters is 1. The van der Waals surface area contributed by atoms with Gasteiger partial charge in [-0.05, 0) is 103 Å². The maximum Gasteiger partial charge on any atom is 0.475 e. The van der Waals surface area contributed by atoms with Crippen LogP contribution in [0.15, 0.2) is 72.9 Å². The van der Waals surface area contributed by atoms with Crippen LogP contribution in [-0.4, -0.2) is 55.6 Å². The summed E-state index contributed by atoms with van der Waals surface area (Å²) in [5.74, 6) is 2.23. The number of rotatable bonds is 40. The fraction of sp³-hybridized carbons (Fsp3) is 0.729. The number of carbonyl (C=O) groups is 1. The van der Waals surface area contributed by atoms with Crippen molar-refractivity contribution in [1.29, 1.82) is 0 Å². The third-order valence-corrected chi connectivity index (χ3v) is 11.3. The van der Waals surface area contributed by atoms with Gasteiger partial charge in [0.1, 0.15) is 6.10 Å². The monoisotopic (exact) mass is 837 g/mol. The molecule has 0 aliphatic carbocycles. The minimum absolute atomic E-state index is 0.139.